The molecule has 6 heteroatoms. The van der Waals surface area contributed by atoms with E-state index in [4.69, 9.17) is 21.1 Å². The molecule has 1 fully saturated rings. The molecule has 0 aliphatic carbocycles. The van der Waals surface area contributed by atoms with E-state index in [0.717, 1.165) is 18.7 Å². The molecule has 2 atom stereocenters. The van der Waals surface area contributed by atoms with Crippen LogP contribution in [0.25, 0.3) is 0 Å². The van der Waals surface area contributed by atoms with Crippen molar-refractivity contribution in [3.05, 3.63) is 22.7 Å². The van der Waals surface area contributed by atoms with Gasteiger partial charge in [-0.15, -0.1) is 0 Å². The molecule has 2 rings (SSSR count). The number of ether oxygens (including phenoxy) is 2. The topological polar surface area (TPSA) is 59.6 Å². The molecule has 2 unspecified atom stereocenters. The van der Waals surface area contributed by atoms with Gasteiger partial charge in [0, 0.05) is 13.0 Å². The molecule has 2 N–H and O–H groups in total. The first-order chi connectivity index (χ1) is 12.0. The Hall–Kier alpha value is -1.46. The Balaban J connectivity index is 1.89. The largest absolute Gasteiger partial charge is 0.493 e. The Morgan fingerprint density at radius 3 is 2.92 bits per heavy atom. The number of nitrogens with one attached hydrogen (secondary N) is 2. The average Bonchev–Trinajstić information content (AvgIpc) is 2.62. The van der Waals surface area contributed by atoms with Gasteiger partial charge in [0.05, 0.1) is 18.7 Å². The van der Waals surface area contributed by atoms with Crippen LogP contribution in [0.15, 0.2) is 12.1 Å². The fraction of sp³-hybridized carbons (Fsp3) is 0.632. The first kappa shape index (κ1) is 19.9. The van der Waals surface area contributed by atoms with E-state index in [-0.39, 0.29) is 5.91 Å². The number of hydrogen-bond acceptors (Lipinski definition) is 4. The van der Waals surface area contributed by atoms with Crippen LogP contribution in [0.1, 0.15) is 38.7 Å². The van der Waals surface area contributed by atoms with Gasteiger partial charge in [-0.25, -0.2) is 0 Å². The van der Waals surface area contributed by atoms with Crippen LogP contribution in [0.2, 0.25) is 5.02 Å². The highest BCUT2D eigenvalue weighted by Crippen LogP contribution is 2.36. The van der Waals surface area contributed by atoms with Gasteiger partial charge in [0.25, 0.3) is 0 Å². The van der Waals surface area contributed by atoms with Gasteiger partial charge in [0.2, 0.25) is 5.91 Å². The number of carbonyl (C=O) groups excluding carboxylic acids is 1. The maximum Gasteiger partial charge on any atom is 0.220 e. The molecule has 0 bridgehead atoms. The Bertz CT molecular complexity index is 574. The summed E-state index contributed by atoms with van der Waals surface area (Å²) in [6, 6.07) is 3.66. The number of piperidine rings is 1. The van der Waals surface area contributed by atoms with E-state index in [2.05, 4.69) is 17.6 Å². The van der Waals surface area contributed by atoms with E-state index in [0.29, 0.717) is 47.9 Å². The summed E-state index contributed by atoms with van der Waals surface area (Å²) in [5.74, 6) is 2.16. The molecule has 1 aliphatic heterocycles. The molecule has 1 amide bonds. The number of methoxy groups -OCH3 is 1. The molecular formula is C19H29ClN2O3. The summed E-state index contributed by atoms with van der Waals surface area (Å²) in [6.45, 7) is 7.11. The van der Waals surface area contributed by atoms with Gasteiger partial charge >= 0.3 is 0 Å². The molecule has 140 valence electrons. The highest BCUT2D eigenvalue weighted by Gasteiger charge is 2.22. The zero-order chi connectivity index (χ0) is 18.2. The molecule has 1 aromatic carbocycles. The van der Waals surface area contributed by atoms with Crippen molar-refractivity contribution in [2.45, 2.75) is 39.7 Å². The summed E-state index contributed by atoms with van der Waals surface area (Å²) < 4.78 is 10.8. The Morgan fingerprint density at radius 1 is 1.48 bits per heavy atom. The standard InChI is InChI=1S/C19H29ClN2O3/c1-4-25-19-16(20)9-14(10-17(19)24-3)11-22-18(23)8-13(2)15-6-5-7-21-12-15/h9-10,13,15,21H,4-8,11-12H2,1-3H3,(H,22,23). The normalized spacial score (nSPS) is 18.5. The van der Waals surface area contributed by atoms with Gasteiger partial charge in [-0.1, -0.05) is 18.5 Å². The van der Waals surface area contributed by atoms with Crippen molar-refractivity contribution in [1.29, 1.82) is 0 Å². The molecule has 1 aromatic rings. The third-order valence-electron chi connectivity index (χ3n) is 4.71. The lowest BCUT2D eigenvalue weighted by molar-refractivity contribution is -0.122. The van der Waals surface area contributed by atoms with Crippen LogP contribution in [0.4, 0.5) is 0 Å². The van der Waals surface area contributed by atoms with Crippen LogP contribution in [0.3, 0.4) is 0 Å². The maximum atomic E-state index is 12.3. The minimum Gasteiger partial charge on any atom is -0.493 e. The molecule has 0 radical (unpaired) electrons. The number of halogens is 1. The van der Waals surface area contributed by atoms with Crippen molar-refractivity contribution in [3.63, 3.8) is 0 Å². The fourth-order valence-corrected chi connectivity index (χ4v) is 3.54. The molecule has 0 spiro atoms. The molecule has 25 heavy (non-hydrogen) atoms. The predicted molar refractivity (Wildman–Crippen MR) is 100 cm³/mol. The third kappa shape index (κ3) is 5.79. The Kier molecular flexibility index (Phi) is 7.85. The van der Waals surface area contributed by atoms with E-state index in [1.165, 1.54) is 12.8 Å². The second kappa shape index (κ2) is 9.88. The highest BCUT2D eigenvalue weighted by atomic mass is 35.5. The average molecular weight is 369 g/mol. The molecule has 5 nitrogen and oxygen atoms in total. The number of rotatable bonds is 8. The smallest absolute Gasteiger partial charge is 0.220 e. The van der Waals surface area contributed by atoms with Crippen LogP contribution in [0, 0.1) is 11.8 Å². The molecular weight excluding hydrogens is 340 g/mol. The molecule has 1 heterocycles. The maximum absolute atomic E-state index is 12.3. The number of benzene rings is 1. The van der Waals surface area contributed by atoms with Crippen LogP contribution in [0.5, 0.6) is 11.5 Å². The predicted octanol–water partition coefficient (Wildman–Crippen LogP) is 3.39. The van der Waals surface area contributed by atoms with Crippen molar-refractivity contribution < 1.29 is 14.3 Å². The van der Waals surface area contributed by atoms with Gasteiger partial charge < -0.3 is 20.1 Å². The zero-order valence-electron chi connectivity index (χ0n) is 15.4. The summed E-state index contributed by atoms with van der Waals surface area (Å²) in [4.78, 5) is 12.3. The van der Waals surface area contributed by atoms with Crippen LogP contribution < -0.4 is 20.1 Å². The van der Waals surface area contributed by atoms with Crippen molar-refractivity contribution in [1.82, 2.24) is 10.6 Å². The minimum absolute atomic E-state index is 0.0713. The second-order valence-electron chi connectivity index (χ2n) is 6.61. The molecule has 0 saturated carbocycles. The third-order valence-corrected chi connectivity index (χ3v) is 5.00. The summed E-state index contributed by atoms with van der Waals surface area (Å²) >= 11 is 6.27. The number of amides is 1. The fourth-order valence-electron chi connectivity index (χ4n) is 3.26. The summed E-state index contributed by atoms with van der Waals surface area (Å²) in [6.07, 6.45) is 2.95. The van der Waals surface area contributed by atoms with Gasteiger partial charge in [-0.05, 0) is 62.4 Å². The van der Waals surface area contributed by atoms with E-state index in [1.807, 2.05) is 19.1 Å². The van der Waals surface area contributed by atoms with E-state index in [9.17, 15) is 4.79 Å². The van der Waals surface area contributed by atoms with Crippen molar-refractivity contribution in [2.24, 2.45) is 11.8 Å². The minimum atomic E-state index is 0.0713. The van der Waals surface area contributed by atoms with E-state index < -0.39 is 0 Å². The monoisotopic (exact) mass is 368 g/mol. The van der Waals surface area contributed by atoms with Crippen molar-refractivity contribution in [2.75, 3.05) is 26.8 Å². The van der Waals surface area contributed by atoms with Crippen LogP contribution in [-0.4, -0.2) is 32.7 Å². The quantitative estimate of drug-likeness (QED) is 0.738. The van der Waals surface area contributed by atoms with Gasteiger partial charge in [-0.2, -0.15) is 0 Å². The van der Waals surface area contributed by atoms with Crippen molar-refractivity contribution >= 4 is 17.5 Å². The number of carbonyl (C=O) groups is 1. The summed E-state index contributed by atoms with van der Waals surface area (Å²) in [5, 5.41) is 6.89. The Labute approximate surface area is 155 Å². The molecule has 1 aliphatic rings. The van der Waals surface area contributed by atoms with E-state index >= 15 is 0 Å². The molecule has 1 saturated heterocycles. The van der Waals surface area contributed by atoms with Gasteiger partial charge in [-0.3, -0.25) is 4.79 Å². The lowest BCUT2D eigenvalue weighted by atomic mass is 9.85. The summed E-state index contributed by atoms with van der Waals surface area (Å²) in [7, 11) is 1.58. The number of hydrogen-bond donors (Lipinski definition) is 2. The van der Waals surface area contributed by atoms with Gasteiger partial charge in [0.1, 0.15) is 0 Å². The lowest BCUT2D eigenvalue weighted by Gasteiger charge is -2.28. The van der Waals surface area contributed by atoms with Crippen molar-refractivity contribution in [3.8, 4) is 11.5 Å². The Morgan fingerprint density at radius 2 is 2.28 bits per heavy atom. The molecule has 0 aromatic heterocycles. The lowest BCUT2D eigenvalue weighted by Crippen LogP contribution is -2.35. The summed E-state index contributed by atoms with van der Waals surface area (Å²) in [5.41, 5.74) is 0.894. The SMILES string of the molecule is CCOc1c(Cl)cc(CNC(=O)CC(C)C2CCCNC2)cc1OC. The second-order valence-corrected chi connectivity index (χ2v) is 7.01. The van der Waals surface area contributed by atoms with Crippen LogP contribution >= 0.6 is 11.6 Å². The van der Waals surface area contributed by atoms with Gasteiger partial charge in [0.15, 0.2) is 11.5 Å². The highest BCUT2D eigenvalue weighted by molar-refractivity contribution is 6.32. The zero-order valence-corrected chi connectivity index (χ0v) is 16.1. The van der Waals surface area contributed by atoms with E-state index in [1.54, 1.807) is 7.11 Å². The first-order valence-corrected chi connectivity index (χ1v) is 9.39. The van der Waals surface area contributed by atoms with Crippen LogP contribution in [-0.2, 0) is 11.3 Å². The first-order valence-electron chi connectivity index (χ1n) is 9.01.